The van der Waals surface area contributed by atoms with Crippen molar-refractivity contribution in [3.8, 4) is 0 Å². The molecule has 0 amide bonds. The molecule has 0 aliphatic rings. The summed E-state index contributed by atoms with van der Waals surface area (Å²) in [5.74, 6) is -1.63. The van der Waals surface area contributed by atoms with Gasteiger partial charge in [-0.05, 0) is 47.4 Å². The van der Waals surface area contributed by atoms with Crippen LogP contribution >= 0.6 is 12.6 Å². The quantitative estimate of drug-likeness (QED) is 0.683. The van der Waals surface area contributed by atoms with Gasteiger partial charge in [-0.2, -0.15) is 12.6 Å². The van der Waals surface area contributed by atoms with Gasteiger partial charge in [-0.3, -0.25) is 4.79 Å². The Hall–Kier alpha value is -2.01. The molecule has 0 aromatic heterocycles. The third-order valence-electron chi connectivity index (χ3n) is 3.77. The van der Waals surface area contributed by atoms with Gasteiger partial charge in [0.1, 0.15) is 0 Å². The lowest BCUT2D eigenvalue weighted by molar-refractivity contribution is -0.141. The zero-order valence-corrected chi connectivity index (χ0v) is 12.9. The lowest BCUT2D eigenvalue weighted by Crippen LogP contribution is -2.17. The molecule has 5 heteroatoms. The maximum atomic E-state index is 11.4. The van der Waals surface area contributed by atoms with Gasteiger partial charge in [0, 0.05) is 0 Å². The SMILES string of the molecule is O=C(O)c1ccc(CC(CCCS)C(=O)O)c2ccccc12. The predicted octanol–water partition coefficient (Wildman–Crippen LogP) is 3.49. The standard InChI is InChI=1S/C17H18O4S/c18-16(19)12(4-3-9-22)10-11-7-8-15(17(20)21)14-6-2-1-5-13(11)14/h1-2,5-8,12,22H,3-4,9-10H2,(H,18,19)(H,20,21). The fourth-order valence-corrected chi connectivity index (χ4v) is 2.82. The van der Waals surface area contributed by atoms with E-state index in [1.165, 1.54) is 0 Å². The molecule has 0 saturated heterocycles. The number of aromatic carboxylic acids is 1. The molecular formula is C17H18O4S. The molecule has 2 aromatic carbocycles. The van der Waals surface area contributed by atoms with E-state index in [1.807, 2.05) is 12.1 Å². The van der Waals surface area contributed by atoms with Crippen LogP contribution in [-0.4, -0.2) is 27.9 Å². The van der Waals surface area contributed by atoms with Crippen molar-refractivity contribution in [1.82, 2.24) is 0 Å². The molecule has 0 aliphatic carbocycles. The lowest BCUT2D eigenvalue weighted by Gasteiger charge is -2.14. The first-order chi connectivity index (χ1) is 10.5. The van der Waals surface area contributed by atoms with Gasteiger partial charge in [0.05, 0.1) is 11.5 Å². The second kappa shape index (κ2) is 7.31. The zero-order chi connectivity index (χ0) is 16.1. The summed E-state index contributed by atoms with van der Waals surface area (Å²) in [6, 6.07) is 10.5. The largest absolute Gasteiger partial charge is 0.481 e. The van der Waals surface area contributed by atoms with Crippen molar-refractivity contribution in [2.75, 3.05) is 5.75 Å². The molecule has 0 saturated carbocycles. The van der Waals surface area contributed by atoms with Gasteiger partial charge in [0.15, 0.2) is 0 Å². The van der Waals surface area contributed by atoms with E-state index in [0.29, 0.717) is 24.0 Å². The molecule has 2 aromatic rings. The maximum absolute atomic E-state index is 11.4. The van der Waals surface area contributed by atoms with E-state index in [4.69, 9.17) is 0 Å². The number of thiol groups is 1. The first-order valence-electron chi connectivity index (χ1n) is 7.12. The Kier molecular flexibility index (Phi) is 5.44. The molecule has 0 heterocycles. The minimum atomic E-state index is -0.979. The summed E-state index contributed by atoms with van der Waals surface area (Å²) in [4.78, 5) is 22.7. The molecule has 2 N–H and O–H groups in total. The fraction of sp³-hybridized carbons (Fsp3) is 0.294. The Bertz CT molecular complexity index is 696. The van der Waals surface area contributed by atoms with Crippen molar-refractivity contribution in [2.24, 2.45) is 5.92 Å². The molecule has 1 atom stereocenters. The van der Waals surface area contributed by atoms with Crippen LogP contribution in [0, 0.1) is 5.92 Å². The highest BCUT2D eigenvalue weighted by Crippen LogP contribution is 2.26. The molecule has 0 aliphatic heterocycles. The molecule has 2 rings (SSSR count). The summed E-state index contributed by atoms with van der Waals surface area (Å²) < 4.78 is 0. The van der Waals surface area contributed by atoms with E-state index in [2.05, 4.69) is 12.6 Å². The van der Waals surface area contributed by atoms with Gasteiger partial charge in [-0.25, -0.2) is 4.79 Å². The van der Waals surface area contributed by atoms with Crippen molar-refractivity contribution in [3.63, 3.8) is 0 Å². The Labute approximate surface area is 134 Å². The van der Waals surface area contributed by atoms with Crippen molar-refractivity contribution >= 4 is 35.3 Å². The van der Waals surface area contributed by atoms with E-state index < -0.39 is 17.9 Å². The van der Waals surface area contributed by atoms with E-state index in [9.17, 15) is 19.8 Å². The first-order valence-corrected chi connectivity index (χ1v) is 7.75. The van der Waals surface area contributed by atoms with Crippen LogP contribution in [0.1, 0.15) is 28.8 Å². The Morgan fingerprint density at radius 2 is 1.73 bits per heavy atom. The van der Waals surface area contributed by atoms with Gasteiger partial charge in [0.2, 0.25) is 0 Å². The molecular weight excluding hydrogens is 300 g/mol. The highest BCUT2D eigenvalue weighted by atomic mass is 32.1. The molecule has 0 radical (unpaired) electrons. The average molecular weight is 318 g/mol. The van der Waals surface area contributed by atoms with Crippen LogP contribution in [-0.2, 0) is 11.2 Å². The topological polar surface area (TPSA) is 74.6 Å². The second-order valence-electron chi connectivity index (χ2n) is 5.23. The van der Waals surface area contributed by atoms with Crippen LogP contribution in [0.15, 0.2) is 36.4 Å². The molecule has 1 unspecified atom stereocenters. The van der Waals surface area contributed by atoms with Gasteiger partial charge >= 0.3 is 11.9 Å². The van der Waals surface area contributed by atoms with Crippen molar-refractivity contribution in [2.45, 2.75) is 19.3 Å². The van der Waals surface area contributed by atoms with Gasteiger partial charge < -0.3 is 10.2 Å². The summed E-state index contributed by atoms with van der Waals surface area (Å²) in [6.45, 7) is 0. The molecule has 0 bridgehead atoms. The molecule has 0 spiro atoms. The summed E-state index contributed by atoms with van der Waals surface area (Å²) in [5.41, 5.74) is 1.11. The van der Waals surface area contributed by atoms with Gasteiger partial charge in [0.25, 0.3) is 0 Å². The second-order valence-corrected chi connectivity index (χ2v) is 5.68. The monoisotopic (exact) mass is 318 g/mol. The molecule has 22 heavy (non-hydrogen) atoms. The van der Waals surface area contributed by atoms with Crippen molar-refractivity contribution in [1.29, 1.82) is 0 Å². The number of carbonyl (C=O) groups is 2. The molecule has 4 nitrogen and oxygen atoms in total. The number of fused-ring (bicyclic) bond motifs is 1. The minimum absolute atomic E-state index is 0.238. The third kappa shape index (κ3) is 3.60. The number of rotatable bonds is 7. The number of carboxylic acids is 2. The lowest BCUT2D eigenvalue weighted by atomic mass is 9.90. The van der Waals surface area contributed by atoms with E-state index in [0.717, 1.165) is 17.4 Å². The minimum Gasteiger partial charge on any atom is -0.481 e. The summed E-state index contributed by atoms with van der Waals surface area (Å²) >= 11 is 4.13. The van der Waals surface area contributed by atoms with E-state index in [-0.39, 0.29) is 5.56 Å². The fourth-order valence-electron chi connectivity index (χ4n) is 2.64. The van der Waals surface area contributed by atoms with Gasteiger partial charge in [-0.15, -0.1) is 0 Å². The normalized spacial score (nSPS) is 12.2. The van der Waals surface area contributed by atoms with Crippen LogP contribution in [0.3, 0.4) is 0 Å². The average Bonchev–Trinajstić information content (AvgIpc) is 2.50. The Balaban J connectivity index is 2.41. The highest BCUT2D eigenvalue weighted by Gasteiger charge is 2.19. The number of hydrogen-bond acceptors (Lipinski definition) is 3. The summed E-state index contributed by atoms with van der Waals surface area (Å²) in [5, 5.41) is 20.1. The van der Waals surface area contributed by atoms with Crippen LogP contribution in [0.25, 0.3) is 10.8 Å². The smallest absolute Gasteiger partial charge is 0.336 e. The van der Waals surface area contributed by atoms with Crippen LogP contribution in [0.2, 0.25) is 0 Å². The number of carboxylic acid groups (broad SMARTS) is 2. The Morgan fingerprint density at radius 3 is 2.32 bits per heavy atom. The maximum Gasteiger partial charge on any atom is 0.336 e. The van der Waals surface area contributed by atoms with E-state index in [1.54, 1.807) is 24.3 Å². The summed E-state index contributed by atoms with van der Waals surface area (Å²) in [6.07, 6.45) is 1.70. The van der Waals surface area contributed by atoms with Crippen molar-refractivity contribution in [3.05, 3.63) is 47.5 Å². The van der Waals surface area contributed by atoms with Crippen LogP contribution in [0.4, 0.5) is 0 Å². The number of aliphatic carboxylic acids is 1. The summed E-state index contributed by atoms with van der Waals surface area (Å²) in [7, 11) is 0. The molecule has 116 valence electrons. The van der Waals surface area contributed by atoms with E-state index >= 15 is 0 Å². The third-order valence-corrected chi connectivity index (χ3v) is 4.09. The van der Waals surface area contributed by atoms with Gasteiger partial charge in [-0.1, -0.05) is 30.3 Å². The van der Waals surface area contributed by atoms with Crippen LogP contribution in [0.5, 0.6) is 0 Å². The number of benzene rings is 2. The predicted molar refractivity (Wildman–Crippen MR) is 88.8 cm³/mol. The highest BCUT2D eigenvalue weighted by molar-refractivity contribution is 7.80. The number of hydrogen-bond donors (Lipinski definition) is 3. The van der Waals surface area contributed by atoms with Crippen LogP contribution < -0.4 is 0 Å². The van der Waals surface area contributed by atoms with Crippen molar-refractivity contribution < 1.29 is 19.8 Å². The first kappa shape index (κ1) is 16.4. The zero-order valence-electron chi connectivity index (χ0n) is 12.0. The Morgan fingerprint density at radius 1 is 1.05 bits per heavy atom. The molecule has 0 fully saturated rings.